The van der Waals surface area contributed by atoms with Gasteiger partial charge in [-0.25, -0.2) is 0 Å². The molecule has 1 aromatic rings. The van der Waals surface area contributed by atoms with E-state index in [0.717, 1.165) is 50.8 Å². The van der Waals surface area contributed by atoms with Gasteiger partial charge in [-0.3, -0.25) is 4.79 Å². The maximum Gasteiger partial charge on any atom is 0.247 e. The molecule has 21 heavy (non-hydrogen) atoms. The van der Waals surface area contributed by atoms with Crippen LogP contribution < -0.4 is 10.6 Å². The van der Waals surface area contributed by atoms with Crippen LogP contribution in [-0.4, -0.2) is 18.0 Å². The molecule has 114 valence electrons. The molecule has 0 aromatic heterocycles. The number of nitrogens with two attached hydrogens (primary N) is 1. The van der Waals surface area contributed by atoms with E-state index < -0.39 is 5.54 Å². The van der Waals surface area contributed by atoms with Crippen molar-refractivity contribution in [2.24, 2.45) is 11.7 Å². The molecule has 2 N–H and O–H groups in total. The molecule has 3 heteroatoms. The average molecular weight is 286 g/mol. The number of anilines is 1. The highest BCUT2D eigenvalue weighted by Crippen LogP contribution is 2.35. The number of aryl methyl sites for hydroxylation is 1. The normalized spacial score (nSPS) is 29.6. The number of hydrogen-bond acceptors (Lipinski definition) is 2. The predicted molar refractivity (Wildman–Crippen MR) is 86.3 cm³/mol. The molecule has 2 unspecified atom stereocenters. The topological polar surface area (TPSA) is 46.3 Å². The zero-order chi connectivity index (χ0) is 14.9. The van der Waals surface area contributed by atoms with Crippen molar-refractivity contribution in [3.8, 4) is 0 Å². The van der Waals surface area contributed by atoms with Gasteiger partial charge >= 0.3 is 0 Å². The number of para-hydroxylation sites is 1. The van der Waals surface area contributed by atoms with Gasteiger partial charge in [0, 0.05) is 12.2 Å². The highest BCUT2D eigenvalue weighted by Gasteiger charge is 2.41. The van der Waals surface area contributed by atoms with Gasteiger partial charge in [-0.2, -0.15) is 0 Å². The summed E-state index contributed by atoms with van der Waals surface area (Å²) < 4.78 is 0. The smallest absolute Gasteiger partial charge is 0.247 e. The van der Waals surface area contributed by atoms with E-state index in [1.807, 2.05) is 11.0 Å². The lowest BCUT2D eigenvalue weighted by Gasteiger charge is -2.39. The number of carbonyl (C=O) groups excluding carboxylic acids is 1. The summed E-state index contributed by atoms with van der Waals surface area (Å²) >= 11 is 0. The SMILES string of the molecule is CC1CCCC(N)(C(=O)N2CCCCc3ccccc32)C1. The van der Waals surface area contributed by atoms with Gasteiger partial charge in [0.15, 0.2) is 0 Å². The van der Waals surface area contributed by atoms with Crippen LogP contribution in [0.3, 0.4) is 0 Å². The van der Waals surface area contributed by atoms with Gasteiger partial charge in [0.05, 0.1) is 5.54 Å². The van der Waals surface area contributed by atoms with Crippen molar-refractivity contribution >= 4 is 11.6 Å². The van der Waals surface area contributed by atoms with Crippen molar-refractivity contribution in [2.45, 2.75) is 57.4 Å². The number of fused-ring (bicyclic) bond motifs is 1. The van der Waals surface area contributed by atoms with Gasteiger partial charge in [-0.1, -0.05) is 38.0 Å². The second kappa shape index (κ2) is 5.80. The van der Waals surface area contributed by atoms with E-state index in [-0.39, 0.29) is 5.91 Å². The Bertz CT molecular complexity index is 528. The molecule has 2 aliphatic rings. The fourth-order valence-corrected chi connectivity index (χ4v) is 3.96. The molecular formula is C18H26N2O. The van der Waals surface area contributed by atoms with E-state index in [0.29, 0.717) is 5.92 Å². The molecule has 1 aliphatic carbocycles. The fraction of sp³-hybridized carbons (Fsp3) is 0.611. The van der Waals surface area contributed by atoms with Crippen molar-refractivity contribution < 1.29 is 4.79 Å². The van der Waals surface area contributed by atoms with E-state index in [9.17, 15) is 4.79 Å². The van der Waals surface area contributed by atoms with E-state index >= 15 is 0 Å². The molecule has 1 saturated carbocycles. The number of nitrogens with zero attached hydrogens (tertiary/aromatic N) is 1. The molecule has 3 nitrogen and oxygen atoms in total. The fourth-order valence-electron chi connectivity index (χ4n) is 3.96. The summed E-state index contributed by atoms with van der Waals surface area (Å²) in [5, 5.41) is 0. The molecule has 3 rings (SSSR count). The summed E-state index contributed by atoms with van der Waals surface area (Å²) in [5.41, 5.74) is 8.26. The minimum Gasteiger partial charge on any atom is -0.317 e. The minimum absolute atomic E-state index is 0.142. The molecule has 1 aliphatic heterocycles. The third-order valence-electron chi connectivity index (χ3n) is 5.06. The van der Waals surface area contributed by atoms with Crippen molar-refractivity contribution in [1.29, 1.82) is 0 Å². The Morgan fingerprint density at radius 2 is 2.10 bits per heavy atom. The highest BCUT2D eigenvalue weighted by atomic mass is 16.2. The predicted octanol–water partition coefficient (Wildman–Crippen LogP) is 3.26. The number of hydrogen-bond donors (Lipinski definition) is 1. The van der Waals surface area contributed by atoms with Gasteiger partial charge in [-0.05, 0) is 49.7 Å². The Kier molecular flexibility index (Phi) is 4.03. The molecule has 1 amide bonds. The van der Waals surface area contributed by atoms with Gasteiger partial charge in [-0.15, -0.1) is 0 Å². The number of carbonyl (C=O) groups is 1. The van der Waals surface area contributed by atoms with Gasteiger partial charge in [0.1, 0.15) is 0 Å². The van der Waals surface area contributed by atoms with Crippen LogP contribution in [0.4, 0.5) is 5.69 Å². The molecule has 0 saturated heterocycles. The van der Waals surface area contributed by atoms with Crippen molar-refractivity contribution in [2.75, 3.05) is 11.4 Å². The molecule has 1 fully saturated rings. The summed E-state index contributed by atoms with van der Waals surface area (Å²) in [7, 11) is 0. The Morgan fingerprint density at radius 1 is 1.29 bits per heavy atom. The Balaban J connectivity index is 1.90. The first-order valence-corrected chi connectivity index (χ1v) is 8.29. The summed E-state index contributed by atoms with van der Waals surface area (Å²) in [4.78, 5) is 15.1. The quantitative estimate of drug-likeness (QED) is 0.861. The van der Waals surface area contributed by atoms with E-state index in [2.05, 4.69) is 25.1 Å². The first-order valence-electron chi connectivity index (χ1n) is 8.29. The first-order chi connectivity index (χ1) is 10.1. The average Bonchev–Trinajstić information content (AvgIpc) is 2.68. The van der Waals surface area contributed by atoms with Crippen LogP contribution in [0.1, 0.15) is 51.0 Å². The first kappa shape index (κ1) is 14.6. The van der Waals surface area contributed by atoms with Crippen molar-refractivity contribution in [1.82, 2.24) is 0 Å². The Hall–Kier alpha value is -1.35. The highest BCUT2D eigenvalue weighted by molar-refractivity contribution is 6.00. The Labute approximate surface area is 127 Å². The molecular weight excluding hydrogens is 260 g/mol. The summed E-state index contributed by atoms with van der Waals surface area (Å²) in [6.45, 7) is 3.02. The van der Waals surface area contributed by atoms with Crippen LogP contribution >= 0.6 is 0 Å². The molecule has 0 bridgehead atoms. The lowest BCUT2D eigenvalue weighted by molar-refractivity contribution is -0.125. The van der Waals surface area contributed by atoms with Crippen LogP contribution in [0.5, 0.6) is 0 Å². The maximum atomic E-state index is 13.1. The summed E-state index contributed by atoms with van der Waals surface area (Å²) in [6, 6.07) is 8.31. The minimum atomic E-state index is -0.658. The third kappa shape index (κ3) is 2.84. The van der Waals surface area contributed by atoms with Crippen LogP contribution in [0.25, 0.3) is 0 Å². The zero-order valence-electron chi connectivity index (χ0n) is 13.0. The third-order valence-corrected chi connectivity index (χ3v) is 5.06. The maximum absolute atomic E-state index is 13.1. The summed E-state index contributed by atoms with van der Waals surface area (Å²) in [5.74, 6) is 0.693. The molecule has 1 aromatic carbocycles. The van der Waals surface area contributed by atoms with E-state index in [4.69, 9.17) is 5.73 Å². The van der Waals surface area contributed by atoms with Crippen LogP contribution in [0.15, 0.2) is 24.3 Å². The monoisotopic (exact) mass is 286 g/mol. The molecule has 0 spiro atoms. The van der Waals surface area contributed by atoms with Crippen LogP contribution in [0.2, 0.25) is 0 Å². The standard InChI is InChI=1S/C18H26N2O/c1-14-7-6-11-18(19,13-14)17(21)20-12-5-4-9-15-8-2-3-10-16(15)20/h2-3,8,10,14H,4-7,9,11-13,19H2,1H3. The van der Waals surface area contributed by atoms with Gasteiger partial charge < -0.3 is 10.6 Å². The van der Waals surface area contributed by atoms with E-state index in [1.54, 1.807) is 0 Å². The van der Waals surface area contributed by atoms with Crippen molar-refractivity contribution in [3.63, 3.8) is 0 Å². The van der Waals surface area contributed by atoms with Gasteiger partial charge in [0.25, 0.3) is 0 Å². The van der Waals surface area contributed by atoms with Crippen LogP contribution in [-0.2, 0) is 11.2 Å². The molecule has 1 heterocycles. The van der Waals surface area contributed by atoms with Crippen LogP contribution in [0, 0.1) is 5.92 Å². The second-order valence-electron chi connectivity index (χ2n) is 6.90. The number of benzene rings is 1. The summed E-state index contributed by atoms with van der Waals surface area (Å²) in [6.07, 6.45) is 7.19. The lowest BCUT2D eigenvalue weighted by Crippen LogP contribution is -2.57. The largest absolute Gasteiger partial charge is 0.317 e. The van der Waals surface area contributed by atoms with Crippen molar-refractivity contribution in [3.05, 3.63) is 29.8 Å². The van der Waals surface area contributed by atoms with E-state index in [1.165, 1.54) is 12.0 Å². The number of rotatable bonds is 1. The van der Waals surface area contributed by atoms with Gasteiger partial charge in [0.2, 0.25) is 5.91 Å². The second-order valence-corrected chi connectivity index (χ2v) is 6.90. The zero-order valence-corrected chi connectivity index (χ0v) is 13.0. The Morgan fingerprint density at radius 3 is 2.90 bits per heavy atom. The molecule has 2 atom stereocenters. The molecule has 0 radical (unpaired) electrons. The lowest BCUT2D eigenvalue weighted by atomic mass is 9.76. The number of amides is 1.